The van der Waals surface area contributed by atoms with Crippen molar-refractivity contribution in [1.82, 2.24) is 10.6 Å². The molecular weight excluding hydrogens is 352 g/mol. The maximum Gasteiger partial charge on any atom is 0.252 e. The van der Waals surface area contributed by atoms with E-state index in [-0.39, 0.29) is 24.3 Å². The van der Waals surface area contributed by atoms with Crippen LogP contribution in [0.3, 0.4) is 0 Å². The molecule has 5 nitrogen and oxygen atoms in total. The Hall–Kier alpha value is -3.60. The lowest BCUT2D eigenvalue weighted by Gasteiger charge is -2.12. The zero-order valence-electron chi connectivity index (χ0n) is 15.2. The fourth-order valence-corrected chi connectivity index (χ4v) is 3.28. The van der Waals surface area contributed by atoms with E-state index in [1.54, 1.807) is 6.07 Å². The lowest BCUT2D eigenvalue weighted by Crippen LogP contribution is -2.28. The van der Waals surface area contributed by atoms with Gasteiger partial charge in [0, 0.05) is 12.1 Å². The molecule has 0 saturated heterocycles. The maximum atomic E-state index is 12.4. The third kappa shape index (κ3) is 4.04. The van der Waals surface area contributed by atoms with Crippen molar-refractivity contribution in [2.75, 3.05) is 0 Å². The second-order valence-electron chi connectivity index (χ2n) is 6.66. The highest BCUT2D eigenvalue weighted by atomic mass is 16.5. The quantitative estimate of drug-likeness (QED) is 0.688. The molecule has 2 amide bonds. The number of hydrogen-bond acceptors (Lipinski definition) is 3. The first-order valence-corrected chi connectivity index (χ1v) is 9.17. The molecule has 1 atom stereocenters. The molecule has 5 heteroatoms. The van der Waals surface area contributed by atoms with Crippen LogP contribution in [0.15, 0.2) is 78.9 Å². The Kier molecular flexibility index (Phi) is 5.06. The number of nitrogens with one attached hydrogen (secondary N) is 2. The van der Waals surface area contributed by atoms with Crippen LogP contribution >= 0.6 is 0 Å². The Balaban J connectivity index is 1.34. The van der Waals surface area contributed by atoms with E-state index < -0.39 is 0 Å². The topological polar surface area (TPSA) is 67.4 Å². The number of amides is 2. The molecule has 0 bridgehead atoms. The average Bonchev–Trinajstić information content (AvgIpc) is 3.03. The fourth-order valence-electron chi connectivity index (χ4n) is 3.28. The van der Waals surface area contributed by atoms with Crippen LogP contribution in [0.1, 0.15) is 33.9 Å². The summed E-state index contributed by atoms with van der Waals surface area (Å²) in [5.41, 5.74) is 2.46. The van der Waals surface area contributed by atoms with Crippen LogP contribution in [0, 0.1) is 0 Å². The number of ether oxygens (including phenoxy) is 1. The van der Waals surface area contributed by atoms with Gasteiger partial charge in [-0.05, 0) is 41.5 Å². The van der Waals surface area contributed by atoms with Crippen LogP contribution in [-0.2, 0) is 11.3 Å². The van der Waals surface area contributed by atoms with Gasteiger partial charge in [-0.1, -0.05) is 48.5 Å². The van der Waals surface area contributed by atoms with E-state index in [0.717, 1.165) is 22.6 Å². The number of para-hydroxylation sites is 1. The van der Waals surface area contributed by atoms with E-state index in [2.05, 4.69) is 10.6 Å². The third-order valence-corrected chi connectivity index (χ3v) is 4.64. The summed E-state index contributed by atoms with van der Waals surface area (Å²) in [7, 11) is 0. The summed E-state index contributed by atoms with van der Waals surface area (Å²) in [4.78, 5) is 24.3. The summed E-state index contributed by atoms with van der Waals surface area (Å²) in [6.45, 7) is 0.396. The highest BCUT2D eigenvalue weighted by Gasteiger charge is 2.29. The average molecular weight is 372 g/mol. The highest BCUT2D eigenvalue weighted by molar-refractivity contribution is 5.99. The van der Waals surface area contributed by atoms with Gasteiger partial charge in [0.15, 0.2) is 0 Å². The lowest BCUT2D eigenvalue weighted by atomic mass is 10.0. The van der Waals surface area contributed by atoms with Gasteiger partial charge >= 0.3 is 0 Å². The number of carbonyl (C=O) groups is 2. The summed E-state index contributed by atoms with van der Waals surface area (Å²) in [5.74, 6) is 1.24. The molecule has 0 aliphatic carbocycles. The van der Waals surface area contributed by atoms with Gasteiger partial charge in [-0.3, -0.25) is 9.59 Å². The summed E-state index contributed by atoms with van der Waals surface area (Å²) in [6, 6.07) is 24.2. The van der Waals surface area contributed by atoms with E-state index in [4.69, 9.17) is 4.74 Å². The third-order valence-electron chi connectivity index (χ3n) is 4.64. The van der Waals surface area contributed by atoms with Crippen LogP contribution in [0.4, 0.5) is 0 Å². The van der Waals surface area contributed by atoms with Gasteiger partial charge < -0.3 is 15.4 Å². The van der Waals surface area contributed by atoms with Crippen molar-refractivity contribution in [3.63, 3.8) is 0 Å². The van der Waals surface area contributed by atoms with Crippen molar-refractivity contribution in [2.24, 2.45) is 0 Å². The maximum absolute atomic E-state index is 12.4. The lowest BCUT2D eigenvalue weighted by molar-refractivity contribution is -0.121. The molecular formula is C23H20N2O3. The number of hydrogen-bond donors (Lipinski definition) is 2. The zero-order valence-corrected chi connectivity index (χ0v) is 15.2. The second kappa shape index (κ2) is 7.96. The van der Waals surface area contributed by atoms with E-state index in [0.29, 0.717) is 12.1 Å². The van der Waals surface area contributed by atoms with Crippen LogP contribution in [0.25, 0.3) is 0 Å². The van der Waals surface area contributed by atoms with Gasteiger partial charge in [-0.2, -0.15) is 0 Å². The van der Waals surface area contributed by atoms with E-state index >= 15 is 0 Å². The van der Waals surface area contributed by atoms with Crippen LogP contribution in [-0.4, -0.2) is 11.8 Å². The highest BCUT2D eigenvalue weighted by Crippen LogP contribution is 2.27. The molecule has 1 heterocycles. The predicted molar refractivity (Wildman–Crippen MR) is 106 cm³/mol. The molecule has 0 saturated carbocycles. The van der Waals surface area contributed by atoms with Crippen molar-refractivity contribution in [3.8, 4) is 11.5 Å². The molecule has 1 aliphatic heterocycles. The number of benzene rings is 3. The summed E-state index contributed by atoms with van der Waals surface area (Å²) in [6.07, 6.45) is 0.211. The van der Waals surface area contributed by atoms with Gasteiger partial charge in [0.05, 0.1) is 12.5 Å². The molecule has 0 aromatic heterocycles. The summed E-state index contributed by atoms with van der Waals surface area (Å²) in [5, 5.41) is 5.78. The van der Waals surface area contributed by atoms with E-state index in [1.165, 1.54) is 0 Å². The molecule has 4 rings (SSSR count). The van der Waals surface area contributed by atoms with Gasteiger partial charge in [0.25, 0.3) is 5.91 Å². The zero-order chi connectivity index (χ0) is 19.3. The summed E-state index contributed by atoms with van der Waals surface area (Å²) < 4.78 is 5.82. The molecule has 0 unspecified atom stereocenters. The largest absolute Gasteiger partial charge is 0.457 e. The van der Waals surface area contributed by atoms with Gasteiger partial charge in [0.1, 0.15) is 11.5 Å². The Morgan fingerprint density at radius 3 is 2.54 bits per heavy atom. The molecule has 28 heavy (non-hydrogen) atoms. The Morgan fingerprint density at radius 2 is 1.68 bits per heavy atom. The van der Waals surface area contributed by atoms with E-state index in [1.807, 2.05) is 72.8 Å². The standard InChI is InChI=1S/C23H20N2O3/c26-22(14-21-19-11-4-5-12-20(19)23(27)25-21)24-15-16-7-6-10-18(13-16)28-17-8-2-1-3-9-17/h1-13,21H,14-15H2,(H,24,26)(H,25,27)/t21-/m0/s1. The molecule has 0 spiro atoms. The smallest absolute Gasteiger partial charge is 0.252 e. The Labute approximate surface area is 163 Å². The normalized spacial score (nSPS) is 14.9. The Morgan fingerprint density at radius 1 is 0.929 bits per heavy atom. The minimum absolute atomic E-state index is 0.114. The fraction of sp³-hybridized carbons (Fsp3) is 0.130. The number of rotatable bonds is 6. The monoisotopic (exact) mass is 372 g/mol. The molecule has 140 valence electrons. The van der Waals surface area contributed by atoms with Crippen molar-refractivity contribution >= 4 is 11.8 Å². The van der Waals surface area contributed by atoms with Gasteiger partial charge in [0.2, 0.25) is 5.91 Å². The molecule has 3 aromatic rings. The minimum Gasteiger partial charge on any atom is -0.457 e. The first-order chi connectivity index (χ1) is 13.7. The molecule has 3 aromatic carbocycles. The van der Waals surface area contributed by atoms with Gasteiger partial charge in [-0.15, -0.1) is 0 Å². The van der Waals surface area contributed by atoms with Crippen LogP contribution in [0.5, 0.6) is 11.5 Å². The summed E-state index contributed by atoms with van der Waals surface area (Å²) >= 11 is 0. The minimum atomic E-state index is -0.281. The predicted octanol–water partition coefficient (Wildman–Crippen LogP) is 3.97. The molecule has 2 N–H and O–H groups in total. The van der Waals surface area contributed by atoms with Crippen molar-refractivity contribution in [2.45, 2.75) is 19.0 Å². The SMILES string of the molecule is O=C(C[C@@H]1NC(=O)c2ccccc21)NCc1cccc(Oc2ccccc2)c1. The van der Waals surface area contributed by atoms with Crippen LogP contribution in [0.2, 0.25) is 0 Å². The van der Waals surface area contributed by atoms with Crippen molar-refractivity contribution in [1.29, 1.82) is 0 Å². The van der Waals surface area contributed by atoms with Crippen LogP contribution < -0.4 is 15.4 Å². The number of carbonyl (C=O) groups excluding carboxylic acids is 2. The van der Waals surface area contributed by atoms with E-state index in [9.17, 15) is 9.59 Å². The Bertz CT molecular complexity index is 1000. The number of fused-ring (bicyclic) bond motifs is 1. The molecule has 0 radical (unpaired) electrons. The second-order valence-corrected chi connectivity index (χ2v) is 6.66. The molecule has 0 fully saturated rings. The van der Waals surface area contributed by atoms with Crippen molar-refractivity contribution < 1.29 is 14.3 Å². The first kappa shape index (κ1) is 17.8. The molecule has 1 aliphatic rings. The van der Waals surface area contributed by atoms with Crippen molar-refractivity contribution in [3.05, 3.63) is 95.6 Å². The van der Waals surface area contributed by atoms with Gasteiger partial charge in [-0.25, -0.2) is 0 Å². The first-order valence-electron chi connectivity index (χ1n) is 9.17.